The highest BCUT2D eigenvalue weighted by atomic mass is 35.5. The standard InChI is InChI=1S/C12H10Cl2FNS/c13-9-2-1-8(11(15)5-9)6-16-7-10-3-4-12(14)17-10/h1-5,16H,6-7H2. The number of hydrogen-bond acceptors (Lipinski definition) is 2. The van der Waals surface area contributed by atoms with Crippen molar-refractivity contribution in [1.29, 1.82) is 0 Å². The molecule has 90 valence electrons. The molecule has 1 nitrogen and oxygen atoms in total. The van der Waals surface area contributed by atoms with E-state index in [1.165, 1.54) is 17.4 Å². The second kappa shape index (κ2) is 5.83. The van der Waals surface area contributed by atoms with E-state index in [-0.39, 0.29) is 5.82 Å². The fraction of sp³-hybridized carbons (Fsp3) is 0.167. The number of hydrogen-bond donors (Lipinski definition) is 1. The molecule has 0 aliphatic heterocycles. The molecule has 0 aliphatic rings. The van der Waals surface area contributed by atoms with Crippen LogP contribution < -0.4 is 5.32 Å². The van der Waals surface area contributed by atoms with E-state index in [2.05, 4.69) is 5.32 Å². The van der Waals surface area contributed by atoms with Crippen molar-refractivity contribution >= 4 is 34.5 Å². The van der Waals surface area contributed by atoms with Crippen molar-refractivity contribution in [1.82, 2.24) is 5.32 Å². The lowest BCUT2D eigenvalue weighted by Gasteiger charge is -2.05. The Morgan fingerprint density at radius 2 is 1.94 bits per heavy atom. The van der Waals surface area contributed by atoms with Gasteiger partial charge in [-0.2, -0.15) is 0 Å². The monoisotopic (exact) mass is 289 g/mol. The molecule has 1 aromatic heterocycles. The molecule has 0 saturated heterocycles. The first-order chi connectivity index (χ1) is 8.15. The molecule has 0 amide bonds. The molecule has 1 aromatic carbocycles. The van der Waals surface area contributed by atoms with Crippen molar-refractivity contribution in [2.75, 3.05) is 0 Å². The number of rotatable bonds is 4. The third-order valence-electron chi connectivity index (χ3n) is 2.26. The summed E-state index contributed by atoms with van der Waals surface area (Å²) < 4.78 is 14.2. The molecule has 2 aromatic rings. The summed E-state index contributed by atoms with van der Waals surface area (Å²) in [6.45, 7) is 1.15. The lowest BCUT2D eigenvalue weighted by molar-refractivity contribution is 0.589. The summed E-state index contributed by atoms with van der Waals surface area (Å²) in [5.41, 5.74) is 0.608. The SMILES string of the molecule is Fc1cc(Cl)ccc1CNCc1ccc(Cl)s1. The minimum atomic E-state index is -0.283. The number of thiophene rings is 1. The Kier molecular flexibility index (Phi) is 4.40. The van der Waals surface area contributed by atoms with Gasteiger partial charge in [0.1, 0.15) is 5.82 Å². The maximum absolute atomic E-state index is 13.4. The van der Waals surface area contributed by atoms with E-state index in [1.54, 1.807) is 12.1 Å². The van der Waals surface area contributed by atoms with Crippen molar-refractivity contribution in [3.05, 3.63) is 55.9 Å². The molecule has 0 spiro atoms. The van der Waals surface area contributed by atoms with Crippen LogP contribution in [0, 0.1) is 5.82 Å². The van der Waals surface area contributed by atoms with Crippen molar-refractivity contribution < 1.29 is 4.39 Å². The van der Waals surface area contributed by atoms with Crippen LogP contribution in [0.4, 0.5) is 4.39 Å². The first-order valence-electron chi connectivity index (χ1n) is 5.04. The predicted molar refractivity (Wildman–Crippen MR) is 71.3 cm³/mol. The summed E-state index contributed by atoms with van der Waals surface area (Å²) >= 11 is 13.0. The highest BCUT2D eigenvalue weighted by Crippen LogP contribution is 2.21. The van der Waals surface area contributed by atoms with Gasteiger partial charge >= 0.3 is 0 Å². The van der Waals surface area contributed by atoms with Gasteiger partial charge in [0.15, 0.2) is 0 Å². The first-order valence-corrected chi connectivity index (χ1v) is 6.61. The quantitative estimate of drug-likeness (QED) is 0.875. The Bertz CT molecular complexity index is 513. The van der Waals surface area contributed by atoms with Gasteiger partial charge in [-0.3, -0.25) is 0 Å². The average molecular weight is 290 g/mol. The molecule has 0 aliphatic carbocycles. The van der Waals surface area contributed by atoms with Gasteiger partial charge in [0.25, 0.3) is 0 Å². The molecule has 0 saturated carbocycles. The minimum absolute atomic E-state index is 0.283. The maximum atomic E-state index is 13.4. The third kappa shape index (κ3) is 3.68. The van der Waals surface area contributed by atoms with Gasteiger partial charge in [-0.1, -0.05) is 29.3 Å². The Hall–Kier alpha value is -0.610. The van der Waals surface area contributed by atoms with Crippen LogP contribution in [0.15, 0.2) is 30.3 Å². The lowest BCUT2D eigenvalue weighted by Crippen LogP contribution is -2.12. The molecule has 1 N–H and O–H groups in total. The van der Waals surface area contributed by atoms with Gasteiger partial charge in [-0.15, -0.1) is 11.3 Å². The topological polar surface area (TPSA) is 12.0 Å². The zero-order valence-electron chi connectivity index (χ0n) is 8.84. The molecule has 0 fully saturated rings. The summed E-state index contributed by atoms with van der Waals surface area (Å²) in [4.78, 5) is 1.13. The second-order valence-corrected chi connectivity index (χ2v) is 5.78. The van der Waals surface area contributed by atoms with E-state index in [0.29, 0.717) is 23.7 Å². The summed E-state index contributed by atoms with van der Waals surface area (Å²) in [5, 5.41) is 3.57. The summed E-state index contributed by atoms with van der Waals surface area (Å²) in [6, 6.07) is 8.50. The van der Waals surface area contributed by atoms with Gasteiger partial charge in [-0.05, 0) is 24.3 Å². The molecule has 1 heterocycles. The molecule has 0 atom stereocenters. The van der Waals surface area contributed by atoms with Crippen molar-refractivity contribution in [3.63, 3.8) is 0 Å². The van der Waals surface area contributed by atoms with Crippen LogP contribution >= 0.6 is 34.5 Å². The van der Waals surface area contributed by atoms with Crippen LogP contribution in [-0.4, -0.2) is 0 Å². The average Bonchev–Trinajstić information content (AvgIpc) is 2.68. The van der Waals surface area contributed by atoms with Crippen LogP contribution in [0.3, 0.4) is 0 Å². The largest absolute Gasteiger partial charge is 0.308 e. The minimum Gasteiger partial charge on any atom is -0.308 e. The van der Waals surface area contributed by atoms with Gasteiger partial charge in [-0.25, -0.2) is 4.39 Å². The van der Waals surface area contributed by atoms with E-state index < -0.39 is 0 Å². The van der Waals surface area contributed by atoms with Crippen molar-refractivity contribution in [2.24, 2.45) is 0 Å². The molecular formula is C12H10Cl2FNS. The first kappa shape index (κ1) is 12.8. The Morgan fingerprint density at radius 1 is 1.12 bits per heavy atom. The number of halogens is 3. The normalized spacial score (nSPS) is 10.8. The van der Waals surface area contributed by atoms with E-state index in [0.717, 1.165) is 9.21 Å². The van der Waals surface area contributed by atoms with E-state index in [9.17, 15) is 4.39 Å². The van der Waals surface area contributed by atoms with E-state index in [4.69, 9.17) is 23.2 Å². The second-order valence-electron chi connectivity index (χ2n) is 3.55. The Morgan fingerprint density at radius 3 is 2.59 bits per heavy atom. The summed E-state index contributed by atoms with van der Waals surface area (Å²) in [5.74, 6) is -0.283. The van der Waals surface area contributed by atoms with Crippen LogP contribution in [0.5, 0.6) is 0 Å². The molecule has 5 heteroatoms. The third-order valence-corrected chi connectivity index (χ3v) is 3.72. The van der Waals surface area contributed by atoms with Gasteiger partial charge in [0.05, 0.1) is 4.34 Å². The maximum Gasteiger partial charge on any atom is 0.129 e. The fourth-order valence-electron chi connectivity index (χ4n) is 1.43. The van der Waals surface area contributed by atoms with Crippen molar-refractivity contribution in [2.45, 2.75) is 13.1 Å². The molecular weight excluding hydrogens is 280 g/mol. The zero-order valence-corrected chi connectivity index (χ0v) is 11.2. The van der Waals surface area contributed by atoms with Crippen molar-refractivity contribution in [3.8, 4) is 0 Å². The van der Waals surface area contributed by atoms with E-state index >= 15 is 0 Å². The van der Waals surface area contributed by atoms with E-state index in [1.807, 2.05) is 12.1 Å². The summed E-state index contributed by atoms with van der Waals surface area (Å²) in [6.07, 6.45) is 0. The smallest absolute Gasteiger partial charge is 0.129 e. The number of nitrogens with one attached hydrogen (secondary N) is 1. The van der Waals surface area contributed by atoms with Gasteiger partial charge < -0.3 is 5.32 Å². The van der Waals surface area contributed by atoms with Crippen LogP contribution in [-0.2, 0) is 13.1 Å². The highest BCUT2D eigenvalue weighted by molar-refractivity contribution is 7.16. The fourth-order valence-corrected chi connectivity index (χ4v) is 2.65. The molecule has 0 radical (unpaired) electrons. The van der Waals surface area contributed by atoms with Crippen LogP contribution in [0.2, 0.25) is 9.36 Å². The lowest BCUT2D eigenvalue weighted by atomic mass is 10.2. The van der Waals surface area contributed by atoms with Gasteiger partial charge in [0.2, 0.25) is 0 Å². The summed E-state index contributed by atoms with van der Waals surface area (Å²) in [7, 11) is 0. The molecule has 2 rings (SSSR count). The van der Waals surface area contributed by atoms with Gasteiger partial charge in [0, 0.05) is 28.6 Å². The molecule has 17 heavy (non-hydrogen) atoms. The Labute approximate surface area is 113 Å². The predicted octanol–water partition coefficient (Wildman–Crippen LogP) is 4.48. The molecule has 0 bridgehead atoms. The number of benzene rings is 1. The highest BCUT2D eigenvalue weighted by Gasteiger charge is 2.03. The zero-order chi connectivity index (χ0) is 12.3. The van der Waals surface area contributed by atoms with Crippen LogP contribution in [0.25, 0.3) is 0 Å². The Balaban J connectivity index is 1.90. The van der Waals surface area contributed by atoms with Crippen LogP contribution in [0.1, 0.15) is 10.4 Å². The molecule has 0 unspecified atom stereocenters.